The van der Waals surface area contributed by atoms with Crippen molar-refractivity contribution in [2.24, 2.45) is 0 Å². The molecule has 7 heteroatoms. The molecule has 1 aromatic carbocycles. The number of sulfone groups is 1. The number of nitrogens with one attached hydrogen (secondary N) is 1. The molecule has 0 aromatic heterocycles. The van der Waals surface area contributed by atoms with Crippen LogP contribution >= 0.6 is 0 Å². The van der Waals surface area contributed by atoms with E-state index in [2.05, 4.69) is 5.32 Å². The normalized spacial score (nSPS) is 20.4. The van der Waals surface area contributed by atoms with Gasteiger partial charge < -0.3 is 5.32 Å². The zero-order valence-corrected chi connectivity index (χ0v) is 10.5. The van der Waals surface area contributed by atoms with Crippen molar-refractivity contribution in [3.8, 4) is 6.07 Å². The number of rotatable bonds is 3. The van der Waals surface area contributed by atoms with Gasteiger partial charge in [-0.1, -0.05) is 6.08 Å². The first kappa shape index (κ1) is 13.6. The molecule has 0 saturated carbocycles. The summed E-state index contributed by atoms with van der Waals surface area (Å²) in [5.74, 6) is -1.77. The van der Waals surface area contributed by atoms with Gasteiger partial charge in [-0.2, -0.15) is 5.26 Å². The third kappa shape index (κ3) is 3.16. The summed E-state index contributed by atoms with van der Waals surface area (Å²) in [5, 5.41) is 12.4. The van der Waals surface area contributed by atoms with Gasteiger partial charge in [0, 0.05) is 23.6 Å². The number of benzene rings is 1. The average molecular weight is 284 g/mol. The van der Waals surface area contributed by atoms with E-state index in [0.29, 0.717) is 0 Å². The molecule has 2 rings (SSSR count). The van der Waals surface area contributed by atoms with Crippen LogP contribution in [0.4, 0.5) is 8.78 Å². The van der Waals surface area contributed by atoms with E-state index in [1.165, 1.54) is 6.08 Å². The Balaban J connectivity index is 2.09. The van der Waals surface area contributed by atoms with Crippen LogP contribution in [0.3, 0.4) is 0 Å². The maximum absolute atomic E-state index is 13.6. The Morgan fingerprint density at radius 2 is 2.00 bits per heavy atom. The summed E-state index contributed by atoms with van der Waals surface area (Å²) in [4.78, 5) is 0. The zero-order chi connectivity index (χ0) is 14.0. The lowest BCUT2D eigenvalue weighted by atomic mass is 10.1. The molecule has 19 heavy (non-hydrogen) atoms. The minimum Gasteiger partial charge on any atom is -0.305 e. The Kier molecular flexibility index (Phi) is 3.64. The van der Waals surface area contributed by atoms with E-state index in [1.54, 1.807) is 6.07 Å². The molecule has 0 radical (unpaired) electrons. The van der Waals surface area contributed by atoms with Crippen LogP contribution in [0.5, 0.6) is 0 Å². The Bertz CT molecular complexity index is 654. The summed E-state index contributed by atoms with van der Waals surface area (Å²) in [6.45, 7) is -0.145. The molecule has 0 fully saturated rings. The third-order valence-corrected chi connectivity index (χ3v) is 4.14. The molecule has 100 valence electrons. The summed E-state index contributed by atoms with van der Waals surface area (Å²) in [6.07, 6.45) is 1.44. The molecule has 0 spiro atoms. The molecule has 1 aliphatic rings. The van der Waals surface area contributed by atoms with Crippen molar-refractivity contribution >= 4 is 9.84 Å². The van der Waals surface area contributed by atoms with Gasteiger partial charge in [-0.25, -0.2) is 17.2 Å². The molecule has 1 atom stereocenters. The molecule has 1 aromatic rings. The van der Waals surface area contributed by atoms with Crippen molar-refractivity contribution in [3.05, 3.63) is 46.4 Å². The molecular formula is C12H10F2N2O2S. The van der Waals surface area contributed by atoms with Crippen molar-refractivity contribution in [1.82, 2.24) is 5.32 Å². The lowest BCUT2D eigenvalue weighted by Crippen LogP contribution is -2.30. The lowest BCUT2D eigenvalue weighted by molar-refractivity contribution is 0.526. The van der Waals surface area contributed by atoms with Gasteiger partial charge in [0.1, 0.15) is 11.6 Å². The second kappa shape index (κ2) is 5.07. The van der Waals surface area contributed by atoms with Crippen molar-refractivity contribution < 1.29 is 17.2 Å². The van der Waals surface area contributed by atoms with Gasteiger partial charge in [-0.05, 0) is 12.1 Å². The van der Waals surface area contributed by atoms with Crippen LogP contribution in [0.1, 0.15) is 11.1 Å². The maximum atomic E-state index is 13.6. The van der Waals surface area contributed by atoms with Gasteiger partial charge in [0.2, 0.25) is 0 Å². The largest absolute Gasteiger partial charge is 0.305 e. The van der Waals surface area contributed by atoms with Crippen LogP contribution in [-0.2, 0) is 16.4 Å². The van der Waals surface area contributed by atoms with Gasteiger partial charge in [0.05, 0.1) is 17.4 Å². The van der Waals surface area contributed by atoms with Gasteiger partial charge in [0.15, 0.2) is 9.84 Å². The first-order valence-corrected chi connectivity index (χ1v) is 7.15. The number of hydrogen-bond donors (Lipinski definition) is 1. The standard InChI is InChI=1S/C12H10F2N2O2S/c13-11-3-8(5-15)4-12(14)10(11)6-16-9-1-2-19(17,18)7-9/h1-4,9,16H,6-7H2. The molecule has 1 aliphatic heterocycles. The summed E-state index contributed by atoms with van der Waals surface area (Å²) >= 11 is 0. The average Bonchev–Trinajstić information content (AvgIpc) is 2.67. The Morgan fingerprint density at radius 1 is 1.37 bits per heavy atom. The highest BCUT2D eigenvalue weighted by Crippen LogP contribution is 2.16. The first-order chi connectivity index (χ1) is 8.91. The lowest BCUT2D eigenvalue weighted by Gasteiger charge is -2.11. The topological polar surface area (TPSA) is 70.0 Å². The van der Waals surface area contributed by atoms with E-state index < -0.39 is 27.5 Å². The predicted octanol–water partition coefficient (Wildman–Crippen LogP) is 1.24. The van der Waals surface area contributed by atoms with Crippen LogP contribution in [0, 0.1) is 23.0 Å². The van der Waals surface area contributed by atoms with E-state index in [-0.39, 0.29) is 23.4 Å². The van der Waals surface area contributed by atoms with E-state index in [4.69, 9.17) is 5.26 Å². The minimum absolute atomic E-state index is 0.0953. The zero-order valence-electron chi connectivity index (χ0n) is 9.73. The fourth-order valence-electron chi connectivity index (χ4n) is 1.77. The van der Waals surface area contributed by atoms with E-state index in [0.717, 1.165) is 17.5 Å². The van der Waals surface area contributed by atoms with Crippen LogP contribution in [0.25, 0.3) is 0 Å². The van der Waals surface area contributed by atoms with Crippen LogP contribution in [-0.4, -0.2) is 20.2 Å². The molecule has 1 unspecified atom stereocenters. The highest BCUT2D eigenvalue weighted by molar-refractivity contribution is 7.94. The Hall–Kier alpha value is -1.78. The Morgan fingerprint density at radius 3 is 2.47 bits per heavy atom. The Labute approximate surface area is 109 Å². The van der Waals surface area contributed by atoms with Gasteiger partial charge in [-0.3, -0.25) is 0 Å². The fraction of sp³-hybridized carbons (Fsp3) is 0.250. The van der Waals surface area contributed by atoms with Gasteiger partial charge in [0.25, 0.3) is 0 Å². The molecule has 1 N–H and O–H groups in total. The molecule has 0 bridgehead atoms. The third-order valence-electron chi connectivity index (χ3n) is 2.74. The quantitative estimate of drug-likeness (QED) is 0.906. The second-order valence-electron chi connectivity index (χ2n) is 4.18. The molecule has 1 heterocycles. The number of hydrogen-bond acceptors (Lipinski definition) is 4. The molecule has 0 saturated heterocycles. The van der Waals surface area contributed by atoms with E-state index in [1.807, 2.05) is 0 Å². The molecular weight excluding hydrogens is 274 g/mol. The molecule has 0 amide bonds. The van der Waals surface area contributed by atoms with Crippen molar-refractivity contribution in [3.63, 3.8) is 0 Å². The van der Waals surface area contributed by atoms with E-state index in [9.17, 15) is 17.2 Å². The predicted molar refractivity (Wildman–Crippen MR) is 64.6 cm³/mol. The van der Waals surface area contributed by atoms with E-state index >= 15 is 0 Å². The summed E-state index contributed by atoms with van der Waals surface area (Å²) < 4.78 is 49.4. The highest BCUT2D eigenvalue weighted by Gasteiger charge is 2.22. The number of nitrogens with zero attached hydrogens (tertiary/aromatic N) is 1. The smallest absolute Gasteiger partial charge is 0.173 e. The van der Waals surface area contributed by atoms with Gasteiger partial charge >= 0.3 is 0 Å². The minimum atomic E-state index is -3.20. The molecule has 0 aliphatic carbocycles. The first-order valence-electron chi connectivity index (χ1n) is 5.43. The molecule has 4 nitrogen and oxygen atoms in total. The number of halogens is 2. The monoisotopic (exact) mass is 284 g/mol. The van der Waals surface area contributed by atoms with Gasteiger partial charge in [-0.15, -0.1) is 0 Å². The van der Waals surface area contributed by atoms with Crippen molar-refractivity contribution in [1.29, 1.82) is 5.26 Å². The highest BCUT2D eigenvalue weighted by atomic mass is 32.2. The second-order valence-corrected chi connectivity index (χ2v) is 6.11. The van der Waals surface area contributed by atoms with Crippen LogP contribution < -0.4 is 5.32 Å². The van der Waals surface area contributed by atoms with Crippen molar-refractivity contribution in [2.45, 2.75) is 12.6 Å². The van der Waals surface area contributed by atoms with Crippen LogP contribution in [0.2, 0.25) is 0 Å². The van der Waals surface area contributed by atoms with Crippen LogP contribution in [0.15, 0.2) is 23.6 Å². The fourth-order valence-corrected chi connectivity index (χ4v) is 3.04. The van der Waals surface area contributed by atoms with Crippen molar-refractivity contribution in [2.75, 3.05) is 5.75 Å². The summed E-state index contributed by atoms with van der Waals surface area (Å²) in [7, 11) is -3.20. The summed E-state index contributed by atoms with van der Waals surface area (Å²) in [6, 6.07) is 3.09. The SMILES string of the molecule is N#Cc1cc(F)c(CNC2C=CS(=O)(=O)C2)c(F)c1. The maximum Gasteiger partial charge on any atom is 0.173 e. The summed E-state index contributed by atoms with van der Waals surface area (Å²) in [5.41, 5.74) is -0.307. The number of nitriles is 1.